The summed E-state index contributed by atoms with van der Waals surface area (Å²) in [4.78, 5) is 24.9. The van der Waals surface area contributed by atoms with Gasteiger partial charge in [0, 0.05) is 54.4 Å². The van der Waals surface area contributed by atoms with Gasteiger partial charge in [0.05, 0.1) is 36.7 Å². The number of carbonyl (C=O) groups is 1. The number of Topliss-reactive ketones (excluding diaryl/α,β-unsaturated/α-hetero) is 1. The van der Waals surface area contributed by atoms with Crippen molar-refractivity contribution in [3.8, 4) is 11.5 Å². The zero-order valence-electron chi connectivity index (χ0n) is 22.5. The van der Waals surface area contributed by atoms with E-state index in [1.807, 2.05) is 17.7 Å². The van der Waals surface area contributed by atoms with E-state index in [0.29, 0.717) is 35.4 Å². The number of fused-ring (bicyclic) bond motifs is 1. The molecule has 2 aliphatic rings. The lowest BCUT2D eigenvalue weighted by atomic mass is 9.90. The second kappa shape index (κ2) is 8.90. The van der Waals surface area contributed by atoms with Crippen molar-refractivity contribution in [1.29, 1.82) is 0 Å². The molecule has 1 saturated carbocycles. The number of hydrogen-bond donors (Lipinski definition) is 1. The van der Waals surface area contributed by atoms with Gasteiger partial charge in [-0.2, -0.15) is 10.1 Å². The van der Waals surface area contributed by atoms with Crippen LogP contribution in [-0.4, -0.2) is 48.3 Å². The number of ketones is 1. The summed E-state index contributed by atoms with van der Waals surface area (Å²) in [6, 6.07) is 7.81. The van der Waals surface area contributed by atoms with Crippen molar-refractivity contribution >= 4 is 28.7 Å². The van der Waals surface area contributed by atoms with E-state index >= 15 is 0 Å². The summed E-state index contributed by atoms with van der Waals surface area (Å²) in [5.41, 5.74) is 3.44. The molecule has 5 heterocycles. The van der Waals surface area contributed by atoms with E-state index in [4.69, 9.17) is 19.6 Å². The molecule has 10 nitrogen and oxygen atoms in total. The van der Waals surface area contributed by atoms with Gasteiger partial charge in [0.2, 0.25) is 5.95 Å². The van der Waals surface area contributed by atoms with Crippen molar-refractivity contribution in [2.24, 2.45) is 12.5 Å². The number of hydrogen-bond acceptors (Lipinski definition) is 8. The Morgan fingerprint density at radius 1 is 1.21 bits per heavy atom. The van der Waals surface area contributed by atoms with Gasteiger partial charge in [0.15, 0.2) is 11.5 Å². The first kappa shape index (κ1) is 24.5. The van der Waals surface area contributed by atoms with E-state index < -0.39 is 0 Å². The Morgan fingerprint density at radius 2 is 2.03 bits per heavy atom. The Labute approximate surface area is 221 Å². The summed E-state index contributed by atoms with van der Waals surface area (Å²) in [6.07, 6.45) is 5.95. The molecule has 1 saturated heterocycles. The van der Waals surface area contributed by atoms with Crippen LogP contribution < -0.4 is 10.1 Å². The quantitative estimate of drug-likeness (QED) is 0.371. The molecule has 0 aromatic carbocycles. The minimum Gasteiger partial charge on any atom is -0.456 e. The Hall–Kier alpha value is -3.79. The zero-order chi connectivity index (χ0) is 26.7. The highest BCUT2D eigenvalue weighted by molar-refractivity contribution is 5.78. The lowest BCUT2D eigenvalue weighted by Crippen LogP contribution is -2.26. The number of aromatic nitrogens is 6. The topological polar surface area (TPSA) is 109 Å². The van der Waals surface area contributed by atoms with Crippen molar-refractivity contribution in [2.45, 2.75) is 58.4 Å². The summed E-state index contributed by atoms with van der Waals surface area (Å²) >= 11 is 0. The summed E-state index contributed by atoms with van der Waals surface area (Å²) in [7, 11) is 1.94. The van der Waals surface area contributed by atoms with Gasteiger partial charge in [-0.25, -0.2) is 4.98 Å². The minimum atomic E-state index is -0.0665. The molecule has 4 aromatic heterocycles. The molecule has 1 aliphatic carbocycles. The van der Waals surface area contributed by atoms with Gasteiger partial charge in [-0.05, 0) is 25.8 Å². The molecule has 6 rings (SSSR count). The van der Waals surface area contributed by atoms with Crippen molar-refractivity contribution < 1.29 is 14.3 Å². The van der Waals surface area contributed by atoms with E-state index in [9.17, 15) is 4.79 Å². The van der Waals surface area contributed by atoms with E-state index in [0.717, 1.165) is 17.9 Å². The predicted octanol–water partition coefficient (Wildman–Crippen LogP) is 4.88. The molecular weight excluding hydrogens is 482 g/mol. The predicted molar refractivity (Wildman–Crippen MR) is 143 cm³/mol. The molecule has 1 spiro atoms. The van der Waals surface area contributed by atoms with Gasteiger partial charge in [-0.1, -0.05) is 20.8 Å². The number of rotatable bonds is 7. The molecule has 10 heteroatoms. The smallest absolute Gasteiger partial charge is 0.210 e. The van der Waals surface area contributed by atoms with Crippen LogP contribution in [0.25, 0.3) is 11.2 Å². The maximum Gasteiger partial charge on any atom is 0.210 e. The van der Waals surface area contributed by atoms with Crippen molar-refractivity contribution in [3.63, 3.8) is 0 Å². The van der Waals surface area contributed by atoms with E-state index in [-0.39, 0.29) is 29.1 Å². The minimum absolute atomic E-state index is 0.0516. The van der Waals surface area contributed by atoms with Crippen LogP contribution >= 0.6 is 0 Å². The molecule has 2 fully saturated rings. The lowest BCUT2D eigenvalue weighted by Gasteiger charge is -2.25. The largest absolute Gasteiger partial charge is 0.456 e. The van der Waals surface area contributed by atoms with Crippen LogP contribution in [0.1, 0.15) is 58.0 Å². The molecule has 0 unspecified atom stereocenters. The van der Waals surface area contributed by atoms with Crippen molar-refractivity contribution in [3.05, 3.63) is 48.0 Å². The van der Waals surface area contributed by atoms with Gasteiger partial charge >= 0.3 is 0 Å². The Bertz CT molecular complexity index is 1530. The van der Waals surface area contributed by atoms with Gasteiger partial charge in [0.25, 0.3) is 0 Å². The van der Waals surface area contributed by atoms with Gasteiger partial charge < -0.3 is 19.4 Å². The third-order valence-corrected chi connectivity index (χ3v) is 7.47. The number of pyridine rings is 2. The zero-order valence-corrected chi connectivity index (χ0v) is 22.5. The summed E-state index contributed by atoms with van der Waals surface area (Å²) in [6.45, 7) is 9.71. The fourth-order valence-electron chi connectivity index (χ4n) is 5.21. The number of nitrogens with one attached hydrogen (secondary N) is 1. The molecule has 0 amide bonds. The van der Waals surface area contributed by atoms with E-state index in [2.05, 4.69) is 46.8 Å². The third-order valence-electron chi connectivity index (χ3n) is 7.47. The standard InChI is InChI=1S/C28H33N7O3/c1-17(36)10-18-11-19(6-9-29-18)38-20-12-21-25(30-14-20)32-26(34(21)5)31-24-13-22(27(2,3)4)35(33-24)23-15-37-16-28(23)7-8-28/h6,9,11-14,23H,7-8,10,15-16H2,1-5H3,(H,30,31,32,33)/t23-/m1/s1. The normalized spacial score (nSPS) is 18.3. The molecule has 1 N–H and O–H groups in total. The fraction of sp³-hybridized carbons (Fsp3) is 0.464. The van der Waals surface area contributed by atoms with Crippen LogP contribution in [0.2, 0.25) is 0 Å². The molecule has 1 atom stereocenters. The molecule has 0 bridgehead atoms. The number of nitrogens with zero attached hydrogens (tertiary/aromatic N) is 6. The van der Waals surface area contributed by atoms with Crippen molar-refractivity contribution in [2.75, 3.05) is 18.5 Å². The Kier molecular flexibility index (Phi) is 5.75. The van der Waals surface area contributed by atoms with Gasteiger partial charge in [-0.15, -0.1) is 0 Å². The third kappa shape index (κ3) is 4.53. The highest BCUT2D eigenvalue weighted by atomic mass is 16.5. The number of ether oxygens (including phenoxy) is 2. The van der Waals surface area contributed by atoms with Crippen LogP contribution in [0.15, 0.2) is 36.7 Å². The Balaban J connectivity index is 1.27. The lowest BCUT2D eigenvalue weighted by molar-refractivity contribution is -0.116. The molecule has 38 heavy (non-hydrogen) atoms. The fourth-order valence-corrected chi connectivity index (χ4v) is 5.21. The second-order valence-corrected chi connectivity index (χ2v) is 11.6. The van der Waals surface area contributed by atoms with E-state index in [1.165, 1.54) is 18.5 Å². The molecule has 0 radical (unpaired) electrons. The highest BCUT2D eigenvalue weighted by Crippen LogP contribution is 2.58. The first-order valence-electron chi connectivity index (χ1n) is 13.0. The monoisotopic (exact) mass is 515 g/mol. The number of carbonyl (C=O) groups excluding carboxylic acids is 1. The average Bonchev–Trinajstić information content (AvgIpc) is 3.16. The maximum absolute atomic E-state index is 11.4. The van der Waals surface area contributed by atoms with E-state index in [1.54, 1.807) is 31.5 Å². The second-order valence-electron chi connectivity index (χ2n) is 11.6. The first-order valence-corrected chi connectivity index (χ1v) is 13.0. The number of anilines is 2. The molecular formula is C28H33N7O3. The van der Waals surface area contributed by atoms with Gasteiger partial charge in [0.1, 0.15) is 17.3 Å². The van der Waals surface area contributed by atoms with Crippen molar-refractivity contribution in [1.82, 2.24) is 29.3 Å². The molecule has 198 valence electrons. The van der Waals surface area contributed by atoms with Crippen LogP contribution in [-0.2, 0) is 28.4 Å². The van der Waals surface area contributed by atoms with Crippen LogP contribution in [0.5, 0.6) is 11.5 Å². The first-order chi connectivity index (χ1) is 18.1. The molecule has 4 aromatic rings. The van der Waals surface area contributed by atoms with Crippen LogP contribution in [0.4, 0.5) is 11.8 Å². The average molecular weight is 516 g/mol. The summed E-state index contributed by atoms with van der Waals surface area (Å²) in [5.74, 6) is 2.62. The van der Waals surface area contributed by atoms with Gasteiger partial charge in [-0.3, -0.25) is 14.5 Å². The van der Waals surface area contributed by atoms with Crippen LogP contribution in [0.3, 0.4) is 0 Å². The summed E-state index contributed by atoms with van der Waals surface area (Å²) in [5, 5.41) is 8.42. The Morgan fingerprint density at radius 3 is 2.76 bits per heavy atom. The highest BCUT2D eigenvalue weighted by Gasteiger charge is 2.55. The SMILES string of the molecule is CC(=O)Cc1cc(Oc2cnc3nc(Nc4cc(C(C)(C)C)n([C@@H]5COCC56CC6)n4)n(C)c3c2)ccn1. The van der Waals surface area contributed by atoms with Crippen LogP contribution in [0, 0.1) is 5.41 Å². The molecule has 1 aliphatic heterocycles. The number of imidazole rings is 1. The number of aryl methyl sites for hydroxylation is 1. The summed E-state index contributed by atoms with van der Waals surface area (Å²) < 4.78 is 16.0. The maximum atomic E-state index is 11.4.